The minimum atomic E-state index is -0.0735. The highest BCUT2D eigenvalue weighted by Gasteiger charge is 2.36. The molecule has 2 aliphatic rings. The minimum absolute atomic E-state index is 0.0735. The van der Waals surface area contributed by atoms with Crippen molar-refractivity contribution in [2.45, 2.75) is 32.6 Å². The van der Waals surface area contributed by atoms with Gasteiger partial charge in [0.05, 0.1) is 0 Å². The Balaban J connectivity index is 1.53. The van der Waals surface area contributed by atoms with Gasteiger partial charge in [-0.15, -0.1) is 11.3 Å². The van der Waals surface area contributed by atoms with E-state index in [1.165, 1.54) is 19.1 Å². The van der Waals surface area contributed by atoms with Crippen molar-refractivity contribution in [3.05, 3.63) is 11.6 Å². The van der Waals surface area contributed by atoms with Crippen molar-refractivity contribution in [1.29, 1.82) is 0 Å². The molecule has 0 aromatic carbocycles. The number of hydrogen-bond acceptors (Lipinski definition) is 5. The Kier molecular flexibility index (Phi) is 4.60. The second-order valence-corrected chi connectivity index (χ2v) is 7.61. The minimum Gasteiger partial charge on any atom is -0.346 e. The van der Waals surface area contributed by atoms with Crippen LogP contribution in [0.4, 0.5) is 5.13 Å². The summed E-state index contributed by atoms with van der Waals surface area (Å²) in [7, 11) is 0. The molecule has 1 saturated carbocycles. The Hall–Kier alpha value is -0.940. The number of aldehydes is 1. The summed E-state index contributed by atoms with van der Waals surface area (Å²) in [6.45, 7) is 7.41. The molecule has 0 spiro atoms. The first-order chi connectivity index (χ1) is 10.2. The highest BCUT2D eigenvalue weighted by molar-refractivity contribution is 7.13. The molecular formula is C16H25N3OS. The van der Waals surface area contributed by atoms with Gasteiger partial charge in [-0.1, -0.05) is 6.92 Å². The van der Waals surface area contributed by atoms with Crippen molar-refractivity contribution < 1.29 is 4.79 Å². The van der Waals surface area contributed by atoms with Gasteiger partial charge in [-0.2, -0.15) is 0 Å². The van der Waals surface area contributed by atoms with Gasteiger partial charge in [0, 0.05) is 49.7 Å². The summed E-state index contributed by atoms with van der Waals surface area (Å²) in [4.78, 5) is 20.9. The average molecular weight is 307 g/mol. The van der Waals surface area contributed by atoms with Crippen molar-refractivity contribution in [2.75, 3.05) is 37.6 Å². The molecule has 3 rings (SSSR count). The van der Waals surface area contributed by atoms with Gasteiger partial charge in [-0.25, -0.2) is 4.98 Å². The van der Waals surface area contributed by atoms with Gasteiger partial charge in [0.25, 0.3) is 0 Å². The van der Waals surface area contributed by atoms with Crippen LogP contribution in [0.5, 0.6) is 0 Å². The van der Waals surface area contributed by atoms with Crippen molar-refractivity contribution in [1.82, 2.24) is 9.88 Å². The molecule has 0 bridgehead atoms. The highest BCUT2D eigenvalue weighted by atomic mass is 32.1. The first kappa shape index (κ1) is 15.0. The van der Waals surface area contributed by atoms with Crippen LogP contribution in [0.3, 0.4) is 0 Å². The van der Waals surface area contributed by atoms with Crippen LogP contribution in [0, 0.1) is 11.3 Å². The molecule has 1 aliphatic heterocycles. The van der Waals surface area contributed by atoms with Crippen LogP contribution >= 0.6 is 11.3 Å². The topological polar surface area (TPSA) is 36.4 Å². The largest absolute Gasteiger partial charge is 0.346 e. The molecule has 1 aliphatic carbocycles. The maximum absolute atomic E-state index is 11.7. The predicted octanol–water partition coefficient (Wildman–Crippen LogP) is 2.66. The third-order valence-corrected chi connectivity index (χ3v) is 5.95. The number of piperazine rings is 1. The van der Waals surface area contributed by atoms with Gasteiger partial charge in [0.2, 0.25) is 0 Å². The number of carbonyl (C=O) groups excluding carboxylic acids is 1. The second kappa shape index (κ2) is 6.44. The molecule has 2 heterocycles. The number of nitrogens with zero attached hydrogens (tertiary/aromatic N) is 3. The van der Waals surface area contributed by atoms with E-state index < -0.39 is 0 Å². The lowest BCUT2D eigenvalue weighted by molar-refractivity contribution is -0.119. The van der Waals surface area contributed by atoms with E-state index in [9.17, 15) is 4.79 Å². The Bertz CT molecular complexity index is 446. The third kappa shape index (κ3) is 3.46. The molecule has 0 atom stereocenters. The van der Waals surface area contributed by atoms with Crippen molar-refractivity contribution in [2.24, 2.45) is 11.3 Å². The van der Waals surface area contributed by atoms with Crippen LogP contribution in [0.25, 0.3) is 0 Å². The zero-order valence-electron chi connectivity index (χ0n) is 12.8. The monoisotopic (exact) mass is 307 g/mol. The molecule has 116 valence electrons. The van der Waals surface area contributed by atoms with Gasteiger partial charge in [0.1, 0.15) is 6.29 Å². The summed E-state index contributed by atoms with van der Waals surface area (Å²) in [5.74, 6) is 0.792. The van der Waals surface area contributed by atoms with Crippen molar-refractivity contribution >= 4 is 22.8 Å². The van der Waals surface area contributed by atoms with E-state index >= 15 is 0 Å². The van der Waals surface area contributed by atoms with Crippen molar-refractivity contribution in [3.63, 3.8) is 0 Å². The van der Waals surface area contributed by atoms with Crippen LogP contribution in [0.15, 0.2) is 11.6 Å². The summed E-state index contributed by atoms with van der Waals surface area (Å²) in [6, 6.07) is 0. The second-order valence-electron chi connectivity index (χ2n) is 6.74. The van der Waals surface area contributed by atoms with E-state index in [0.29, 0.717) is 0 Å². The lowest BCUT2D eigenvalue weighted by atomic mass is 9.71. The van der Waals surface area contributed by atoms with Crippen molar-refractivity contribution in [3.8, 4) is 0 Å². The Morgan fingerprint density at radius 2 is 2.05 bits per heavy atom. The summed E-state index contributed by atoms with van der Waals surface area (Å²) >= 11 is 1.71. The number of anilines is 1. The van der Waals surface area contributed by atoms with Crippen LogP contribution in [0.2, 0.25) is 0 Å². The normalized spacial score (nSPS) is 31.3. The zero-order chi connectivity index (χ0) is 14.7. The van der Waals surface area contributed by atoms with Crippen LogP contribution in [-0.4, -0.2) is 48.9 Å². The molecule has 1 aromatic heterocycles. The molecule has 0 amide bonds. The summed E-state index contributed by atoms with van der Waals surface area (Å²) in [6.07, 6.45) is 7.69. The van der Waals surface area contributed by atoms with Crippen LogP contribution in [-0.2, 0) is 4.79 Å². The van der Waals surface area contributed by atoms with Gasteiger partial charge in [-0.05, 0) is 31.6 Å². The lowest BCUT2D eigenvalue weighted by Crippen LogP contribution is -2.51. The molecule has 1 saturated heterocycles. The number of rotatable bonds is 4. The van der Waals surface area contributed by atoms with E-state index in [4.69, 9.17) is 0 Å². The Morgan fingerprint density at radius 1 is 1.33 bits per heavy atom. The molecule has 0 radical (unpaired) electrons. The van der Waals surface area contributed by atoms with Gasteiger partial charge in [-0.3, -0.25) is 4.90 Å². The smallest absolute Gasteiger partial charge is 0.185 e. The lowest BCUT2D eigenvalue weighted by Gasteiger charge is -2.42. The summed E-state index contributed by atoms with van der Waals surface area (Å²) in [5, 5.41) is 3.16. The highest BCUT2D eigenvalue weighted by Crippen LogP contribution is 2.38. The molecule has 5 heteroatoms. The maximum atomic E-state index is 11.7. The molecular weight excluding hydrogens is 282 g/mol. The molecule has 0 N–H and O–H groups in total. The third-order valence-electron chi connectivity index (χ3n) is 5.12. The zero-order valence-corrected chi connectivity index (χ0v) is 13.6. The number of carbonyl (C=O) groups is 1. The van der Waals surface area contributed by atoms with E-state index in [-0.39, 0.29) is 5.41 Å². The standard InChI is InChI=1S/C16H25N3OS/c1-14-2-4-16(13-20,5-3-14)12-18-7-9-19(10-8-18)15-17-6-11-21-15/h6,11,13-14H,2-5,7-10,12H2,1H3. The number of thiazole rings is 1. The van der Waals surface area contributed by atoms with Gasteiger partial charge >= 0.3 is 0 Å². The SMILES string of the molecule is CC1CCC(C=O)(CN2CCN(c3nccs3)CC2)CC1. The summed E-state index contributed by atoms with van der Waals surface area (Å²) < 4.78 is 0. The molecule has 4 nitrogen and oxygen atoms in total. The predicted molar refractivity (Wildman–Crippen MR) is 86.9 cm³/mol. The van der Waals surface area contributed by atoms with Crippen LogP contribution in [0.1, 0.15) is 32.6 Å². The average Bonchev–Trinajstić information content (AvgIpc) is 3.05. The van der Waals surface area contributed by atoms with E-state index in [1.807, 2.05) is 11.6 Å². The first-order valence-electron chi connectivity index (χ1n) is 8.04. The van der Waals surface area contributed by atoms with Gasteiger partial charge in [0.15, 0.2) is 5.13 Å². The maximum Gasteiger partial charge on any atom is 0.185 e. The Labute approximate surface area is 131 Å². The number of hydrogen-bond donors (Lipinski definition) is 0. The van der Waals surface area contributed by atoms with E-state index in [0.717, 1.165) is 56.6 Å². The Morgan fingerprint density at radius 3 is 2.62 bits per heavy atom. The van der Waals surface area contributed by atoms with Gasteiger partial charge < -0.3 is 9.69 Å². The van der Waals surface area contributed by atoms with Crippen LogP contribution < -0.4 is 4.90 Å². The number of aromatic nitrogens is 1. The molecule has 1 aromatic rings. The van der Waals surface area contributed by atoms with E-state index in [1.54, 1.807) is 11.3 Å². The molecule has 2 fully saturated rings. The quantitative estimate of drug-likeness (QED) is 0.801. The first-order valence-corrected chi connectivity index (χ1v) is 8.92. The fraction of sp³-hybridized carbons (Fsp3) is 0.750. The summed E-state index contributed by atoms with van der Waals surface area (Å²) in [5.41, 5.74) is -0.0735. The van der Waals surface area contributed by atoms with E-state index in [2.05, 4.69) is 21.7 Å². The molecule has 0 unspecified atom stereocenters. The fourth-order valence-corrected chi connectivity index (χ4v) is 4.26. The fourth-order valence-electron chi connectivity index (χ4n) is 3.56. The molecule has 21 heavy (non-hydrogen) atoms.